The van der Waals surface area contributed by atoms with Crippen molar-refractivity contribution in [3.05, 3.63) is 52.9 Å². The van der Waals surface area contributed by atoms with Gasteiger partial charge in [-0.3, -0.25) is 9.69 Å². The summed E-state index contributed by atoms with van der Waals surface area (Å²) in [6.07, 6.45) is 5.01. The van der Waals surface area contributed by atoms with Crippen molar-refractivity contribution >= 4 is 51.4 Å². The van der Waals surface area contributed by atoms with Gasteiger partial charge in [0, 0.05) is 18.1 Å². The van der Waals surface area contributed by atoms with E-state index in [0.29, 0.717) is 38.8 Å². The van der Waals surface area contributed by atoms with Crippen molar-refractivity contribution in [1.29, 1.82) is 0 Å². The Bertz CT molecular complexity index is 986. The molecule has 8 nitrogen and oxygen atoms in total. The maximum absolute atomic E-state index is 12.8. The Balaban J connectivity index is 1.88. The molecule has 1 aliphatic heterocycles. The van der Waals surface area contributed by atoms with Gasteiger partial charge in [-0.1, -0.05) is 12.1 Å². The highest BCUT2D eigenvalue weighted by Gasteiger charge is 2.32. The number of thioether (sulfide) groups is 1. The van der Waals surface area contributed by atoms with Gasteiger partial charge in [0.15, 0.2) is 23.3 Å². The molecule has 150 valence electrons. The second-order valence-corrected chi connectivity index (χ2v) is 7.50. The van der Waals surface area contributed by atoms with Gasteiger partial charge in [0.2, 0.25) is 5.13 Å². The van der Waals surface area contributed by atoms with Gasteiger partial charge in [-0.25, -0.2) is 9.78 Å². The van der Waals surface area contributed by atoms with Crippen molar-refractivity contribution in [1.82, 2.24) is 9.88 Å². The Kier molecular flexibility index (Phi) is 6.68. The van der Waals surface area contributed by atoms with Crippen LogP contribution < -0.4 is 9.47 Å². The third kappa shape index (κ3) is 5.04. The zero-order chi connectivity index (χ0) is 20.8. The number of aliphatic imine (C=N–C) groups is 1. The van der Waals surface area contributed by atoms with E-state index in [1.54, 1.807) is 36.5 Å². The molecule has 0 bridgehead atoms. The van der Waals surface area contributed by atoms with Crippen LogP contribution in [0.2, 0.25) is 0 Å². The summed E-state index contributed by atoms with van der Waals surface area (Å²) in [5.74, 6) is -0.589. The fourth-order valence-corrected chi connectivity index (χ4v) is 3.97. The molecule has 0 aliphatic carbocycles. The molecule has 1 saturated heterocycles. The fourth-order valence-electron chi connectivity index (χ4n) is 2.42. The standard InChI is InChI=1S/C19H17N3O5S2/c1-3-7-22-17(25)15(29-19(22)21-18-20-6-8-28-18)10-12-4-5-13(14(9-12)26-2)27-11-16(23)24/h3-6,8-10H,1,7,11H2,2H3,(H,23,24)/b15-10-,21-19+. The maximum Gasteiger partial charge on any atom is 0.341 e. The molecular formula is C19H17N3O5S2. The Morgan fingerprint density at radius 3 is 2.90 bits per heavy atom. The van der Waals surface area contributed by atoms with Gasteiger partial charge in [0.1, 0.15) is 0 Å². The number of nitrogens with zero attached hydrogens (tertiary/aromatic N) is 3. The zero-order valence-corrected chi connectivity index (χ0v) is 17.0. The molecule has 29 heavy (non-hydrogen) atoms. The largest absolute Gasteiger partial charge is 0.493 e. The Morgan fingerprint density at radius 1 is 1.41 bits per heavy atom. The van der Waals surface area contributed by atoms with Crippen LogP contribution in [0.25, 0.3) is 6.08 Å². The quantitative estimate of drug-likeness (QED) is 0.505. The number of benzene rings is 1. The molecule has 1 aromatic carbocycles. The van der Waals surface area contributed by atoms with E-state index >= 15 is 0 Å². The zero-order valence-electron chi connectivity index (χ0n) is 15.4. The van der Waals surface area contributed by atoms with Gasteiger partial charge in [0.25, 0.3) is 5.91 Å². The van der Waals surface area contributed by atoms with Gasteiger partial charge in [-0.05, 0) is 35.5 Å². The van der Waals surface area contributed by atoms with Crippen LogP contribution in [0.15, 0.2) is 52.3 Å². The molecular weight excluding hydrogens is 414 g/mol. The minimum atomic E-state index is -1.08. The highest BCUT2D eigenvalue weighted by atomic mass is 32.2. The van der Waals surface area contributed by atoms with Gasteiger partial charge >= 0.3 is 5.97 Å². The molecule has 10 heteroatoms. The summed E-state index contributed by atoms with van der Waals surface area (Å²) in [5.41, 5.74) is 0.703. The predicted molar refractivity (Wildman–Crippen MR) is 113 cm³/mol. The number of carbonyl (C=O) groups excluding carboxylic acids is 1. The van der Waals surface area contributed by atoms with Crippen molar-refractivity contribution < 1.29 is 24.2 Å². The van der Waals surface area contributed by atoms with Crippen LogP contribution in [0.4, 0.5) is 5.13 Å². The van der Waals surface area contributed by atoms with E-state index in [1.807, 2.05) is 5.38 Å². The Morgan fingerprint density at radius 2 is 2.24 bits per heavy atom. The molecule has 0 unspecified atom stereocenters. The molecule has 0 saturated carbocycles. The van der Waals surface area contributed by atoms with E-state index in [2.05, 4.69) is 16.6 Å². The molecule has 2 aromatic rings. The van der Waals surface area contributed by atoms with E-state index in [4.69, 9.17) is 14.6 Å². The number of aromatic nitrogens is 1. The number of ether oxygens (including phenoxy) is 2. The van der Waals surface area contributed by atoms with E-state index in [-0.39, 0.29) is 5.91 Å². The van der Waals surface area contributed by atoms with Crippen molar-refractivity contribution in [2.45, 2.75) is 0 Å². The summed E-state index contributed by atoms with van der Waals surface area (Å²) in [4.78, 5) is 34.1. The Labute approximate surface area is 175 Å². The van der Waals surface area contributed by atoms with Crippen LogP contribution in [-0.4, -0.2) is 52.3 Å². The first-order valence-electron chi connectivity index (χ1n) is 8.35. The SMILES string of the molecule is C=CCN1C(=O)/C(=C/c2ccc(OCC(=O)O)c(OC)c2)S/C1=N/c1nccs1. The van der Waals surface area contributed by atoms with Crippen molar-refractivity contribution in [2.75, 3.05) is 20.3 Å². The lowest BCUT2D eigenvalue weighted by molar-refractivity contribution is -0.139. The average Bonchev–Trinajstić information content (AvgIpc) is 3.31. The molecule has 1 N–H and O–H groups in total. The normalized spacial score (nSPS) is 16.4. The second-order valence-electron chi connectivity index (χ2n) is 5.62. The fraction of sp³-hybridized carbons (Fsp3) is 0.158. The number of amides is 1. The number of carboxylic acids is 1. The lowest BCUT2D eigenvalue weighted by atomic mass is 10.2. The molecule has 3 rings (SSSR count). The number of hydrogen-bond donors (Lipinski definition) is 1. The van der Waals surface area contributed by atoms with Crippen molar-refractivity contribution in [3.63, 3.8) is 0 Å². The third-order valence-corrected chi connectivity index (χ3v) is 5.32. The molecule has 1 fully saturated rings. The lowest BCUT2D eigenvalue weighted by Crippen LogP contribution is -2.29. The lowest BCUT2D eigenvalue weighted by Gasteiger charge is -2.11. The number of aliphatic carboxylic acids is 1. The molecule has 2 heterocycles. The molecule has 1 aromatic heterocycles. The minimum Gasteiger partial charge on any atom is -0.493 e. The molecule has 1 aliphatic rings. The van der Waals surface area contributed by atoms with E-state index in [9.17, 15) is 9.59 Å². The molecule has 0 atom stereocenters. The number of carboxylic acid groups (broad SMARTS) is 1. The first-order chi connectivity index (χ1) is 14.0. The number of hydrogen-bond acceptors (Lipinski definition) is 8. The minimum absolute atomic E-state index is 0.185. The van der Waals surface area contributed by atoms with Crippen LogP contribution in [0.5, 0.6) is 11.5 Å². The number of methoxy groups -OCH3 is 1. The van der Waals surface area contributed by atoms with Crippen molar-refractivity contribution in [2.24, 2.45) is 4.99 Å². The van der Waals surface area contributed by atoms with Crippen LogP contribution >= 0.6 is 23.1 Å². The summed E-state index contributed by atoms with van der Waals surface area (Å²) in [5, 5.41) is 11.7. The van der Waals surface area contributed by atoms with E-state index in [1.165, 1.54) is 35.1 Å². The van der Waals surface area contributed by atoms with Crippen LogP contribution in [0, 0.1) is 0 Å². The van der Waals surface area contributed by atoms with Crippen LogP contribution in [0.1, 0.15) is 5.56 Å². The predicted octanol–water partition coefficient (Wildman–Crippen LogP) is 3.41. The van der Waals surface area contributed by atoms with Gasteiger partial charge in [0.05, 0.1) is 12.0 Å². The molecule has 1 amide bonds. The van der Waals surface area contributed by atoms with E-state index in [0.717, 1.165) is 0 Å². The highest BCUT2D eigenvalue weighted by Crippen LogP contribution is 2.36. The highest BCUT2D eigenvalue weighted by molar-refractivity contribution is 8.18. The summed E-state index contributed by atoms with van der Waals surface area (Å²) in [6.45, 7) is 3.56. The summed E-state index contributed by atoms with van der Waals surface area (Å²) in [6, 6.07) is 4.99. The van der Waals surface area contributed by atoms with Crippen LogP contribution in [0.3, 0.4) is 0 Å². The summed E-state index contributed by atoms with van der Waals surface area (Å²) in [7, 11) is 1.46. The monoisotopic (exact) mass is 431 g/mol. The average molecular weight is 431 g/mol. The Hall–Kier alpha value is -3.11. The van der Waals surface area contributed by atoms with Gasteiger partial charge < -0.3 is 14.6 Å². The first-order valence-corrected chi connectivity index (χ1v) is 10.0. The van der Waals surface area contributed by atoms with Crippen molar-refractivity contribution in [3.8, 4) is 11.5 Å². The maximum atomic E-state index is 12.8. The first kappa shape index (κ1) is 20.6. The summed E-state index contributed by atoms with van der Waals surface area (Å²) >= 11 is 2.63. The smallest absolute Gasteiger partial charge is 0.341 e. The summed E-state index contributed by atoms with van der Waals surface area (Å²) < 4.78 is 10.5. The number of rotatable bonds is 8. The topological polar surface area (TPSA) is 101 Å². The number of carbonyl (C=O) groups is 2. The van der Waals surface area contributed by atoms with Gasteiger partial charge in [-0.15, -0.1) is 17.9 Å². The van der Waals surface area contributed by atoms with Gasteiger partial charge in [-0.2, -0.15) is 4.99 Å². The molecule has 0 radical (unpaired) electrons. The van der Waals surface area contributed by atoms with Crippen LogP contribution in [-0.2, 0) is 9.59 Å². The molecule has 0 spiro atoms. The number of amidine groups is 1. The second kappa shape index (κ2) is 9.39. The number of thiazole rings is 1. The third-order valence-electron chi connectivity index (χ3n) is 3.65. The van der Waals surface area contributed by atoms with E-state index < -0.39 is 12.6 Å².